The van der Waals surface area contributed by atoms with Crippen LogP contribution in [0.15, 0.2) is 23.5 Å². The maximum absolute atomic E-state index is 12.5. The third-order valence-corrected chi connectivity index (χ3v) is 6.23. The predicted molar refractivity (Wildman–Crippen MR) is 126 cm³/mol. The van der Waals surface area contributed by atoms with Crippen molar-refractivity contribution in [3.8, 4) is 0 Å². The van der Waals surface area contributed by atoms with Crippen LogP contribution in [-0.2, 0) is 9.53 Å². The van der Waals surface area contributed by atoms with Crippen LogP contribution < -0.4 is 5.32 Å². The van der Waals surface area contributed by atoms with E-state index in [1.807, 2.05) is 0 Å². The molecule has 2 N–H and O–H groups in total. The Bertz CT molecular complexity index is 512. The van der Waals surface area contributed by atoms with E-state index in [0.717, 1.165) is 31.6 Å². The molecule has 0 saturated heterocycles. The average molecular weight is 422 g/mol. The fourth-order valence-electron chi connectivity index (χ4n) is 4.36. The molecular formula is C26H47NO3. The molecule has 0 saturated carbocycles. The van der Waals surface area contributed by atoms with Gasteiger partial charge < -0.3 is 15.2 Å². The van der Waals surface area contributed by atoms with Gasteiger partial charge in [-0.15, -0.1) is 0 Å². The minimum absolute atomic E-state index is 0.0795. The summed E-state index contributed by atoms with van der Waals surface area (Å²) in [5.74, 6) is 0.819. The van der Waals surface area contributed by atoms with Gasteiger partial charge in [-0.3, -0.25) is 4.79 Å². The molecule has 0 fully saturated rings. The number of nitrogens with one attached hydrogen (secondary N) is 1. The Kier molecular flexibility index (Phi) is 15.5. The Morgan fingerprint density at radius 2 is 1.50 bits per heavy atom. The van der Waals surface area contributed by atoms with Crippen molar-refractivity contribution in [2.75, 3.05) is 19.8 Å². The molecule has 0 bridgehead atoms. The van der Waals surface area contributed by atoms with Gasteiger partial charge in [-0.25, -0.2) is 0 Å². The highest BCUT2D eigenvalue weighted by Crippen LogP contribution is 2.39. The molecule has 0 unspecified atom stereocenters. The van der Waals surface area contributed by atoms with E-state index in [4.69, 9.17) is 9.84 Å². The van der Waals surface area contributed by atoms with Crippen molar-refractivity contribution in [3.05, 3.63) is 23.5 Å². The Hall–Kier alpha value is -1.29. The molecule has 2 aliphatic rings. The van der Waals surface area contributed by atoms with E-state index in [1.165, 1.54) is 76.2 Å². The number of hydrogen-bond acceptors (Lipinski definition) is 3. The summed E-state index contributed by atoms with van der Waals surface area (Å²) in [5.41, 5.74) is 2.22. The van der Waals surface area contributed by atoms with Gasteiger partial charge in [0.05, 0.1) is 18.4 Å². The number of rotatable bonds is 14. The second-order valence-corrected chi connectivity index (χ2v) is 8.76. The maximum atomic E-state index is 12.5. The summed E-state index contributed by atoms with van der Waals surface area (Å²) < 4.78 is 5.54. The predicted octanol–water partition coefficient (Wildman–Crippen LogP) is 6.30. The zero-order chi connectivity index (χ0) is 22.0. The fourth-order valence-corrected chi connectivity index (χ4v) is 4.36. The first-order chi connectivity index (χ1) is 14.7. The summed E-state index contributed by atoms with van der Waals surface area (Å²) in [6, 6.07) is 0. The van der Waals surface area contributed by atoms with Crippen molar-refractivity contribution < 1.29 is 14.6 Å². The largest absolute Gasteiger partial charge is 0.500 e. The highest BCUT2D eigenvalue weighted by Gasteiger charge is 2.36. The summed E-state index contributed by atoms with van der Waals surface area (Å²) in [7, 11) is 0. The molecule has 0 aromatic rings. The van der Waals surface area contributed by atoms with E-state index in [9.17, 15) is 4.79 Å². The topological polar surface area (TPSA) is 58.6 Å². The van der Waals surface area contributed by atoms with Gasteiger partial charge in [-0.2, -0.15) is 0 Å². The van der Waals surface area contributed by atoms with Gasteiger partial charge in [0.2, 0.25) is 0 Å². The second kappa shape index (κ2) is 17.4. The van der Waals surface area contributed by atoms with Crippen LogP contribution in [0.1, 0.15) is 104 Å². The molecule has 4 heteroatoms. The molecular weight excluding hydrogens is 374 g/mol. The quantitative estimate of drug-likeness (QED) is 0.256. The molecule has 1 aliphatic heterocycles. The third kappa shape index (κ3) is 10.7. The van der Waals surface area contributed by atoms with Crippen LogP contribution in [-0.4, -0.2) is 30.8 Å². The number of hydrogen-bond donors (Lipinski definition) is 2. The Balaban J connectivity index is 0.00000141. The first kappa shape index (κ1) is 26.7. The number of fused-ring (bicyclic) bond motifs is 1. The molecule has 2 rings (SSSR count). The smallest absolute Gasteiger partial charge is 0.250 e. The van der Waals surface area contributed by atoms with Crippen LogP contribution in [0, 0.1) is 11.8 Å². The Morgan fingerprint density at radius 1 is 0.967 bits per heavy atom. The molecule has 4 nitrogen and oxygen atoms in total. The number of allylic oxidation sites excluding steroid dienone is 1. The molecule has 0 radical (unpaired) electrons. The minimum atomic E-state index is 0.0795. The van der Waals surface area contributed by atoms with Gasteiger partial charge in [0.15, 0.2) is 0 Å². The van der Waals surface area contributed by atoms with E-state index in [1.54, 1.807) is 13.2 Å². The number of aliphatic hydroxyl groups excluding tert-OH is 1. The average Bonchev–Trinajstić information content (AvgIpc) is 3.13. The van der Waals surface area contributed by atoms with E-state index in [-0.39, 0.29) is 12.5 Å². The van der Waals surface area contributed by atoms with Gasteiger partial charge in [0.25, 0.3) is 5.91 Å². The Morgan fingerprint density at radius 3 is 2.07 bits per heavy atom. The lowest BCUT2D eigenvalue weighted by atomic mass is 9.85. The standard InChI is InChI=1S/C24H41NO2.C2H6O/c1-3-4-5-6-7-8-9-10-11-12-13-14-17-25-24(26)23-19-27-18-22-20(2)15-16-21(22)23;1-2-3/h15,19,21-22H,3-14,16-18H2,1-2H3,(H,25,26);3H,2H2,1H3/t21-,22+;/m0./s1. The fraction of sp³-hybridized carbons (Fsp3) is 0.808. The zero-order valence-corrected chi connectivity index (χ0v) is 19.9. The first-order valence-corrected chi connectivity index (χ1v) is 12.5. The van der Waals surface area contributed by atoms with Crippen molar-refractivity contribution in [2.45, 2.75) is 104 Å². The van der Waals surface area contributed by atoms with Gasteiger partial charge in [-0.05, 0) is 26.7 Å². The number of unbranched alkanes of at least 4 members (excludes halogenated alkanes) is 11. The van der Waals surface area contributed by atoms with E-state index in [2.05, 4.69) is 25.2 Å². The van der Waals surface area contributed by atoms with Gasteiger partial charge in [0.1, 0.15) is 0 Å². The third-order valence-electron chi connectivity index (χ3n) is 6.23. The second-order valence-electron chi connectivity index (χ2n) is 8.76. The number of carbonyl (C=O) groups excluding carboxylic acids is 1. The van der Waals surface area contributed by atoms with Crippen molar-refractivity contribution in [3.63, 3.8) is 0 Å². The molecule has 0 aromatic heterocycles. The highest BCUT2D eigenvalue weighted by atomic mass is 16.5. The van der Waals surface area contributed by atoms with Gasteiger partial charge >= 0.3 is 0 Å². The highest BCUT2D eigenvalue weighted by molar-refractivity contribution is 5.94. The molecule has 0 aromatic carbocycles. The van der Waals surface area contributed by atoms with E-state index >= 15 is 0 Å². The van der Waals surface area contributed by atoms with Crippen molar-refractivity contribution >= 4 is 5.91 Å². The summed E-state index contributed by atoms with van der Waals surface area (Å²) >= 11 is 0. The number of ether oxygens (including phenoxy) is 1. The molecule has 1 aliphatic carbocycles. The van der Waals surface area contributed by atoms with Crippen LogP contribution in [0.3, 0.4) is 0 Å². The maximum Gasteiger partial charge on any atom is 0.250 e. The van der Waals surface area contributed by atoms with Crippen LogP contribution in [0.5, 0.6) is 0 Å². The lowest BCUT2D eigenvalue weighted by Gasteiger charge is -2.27. The SMILES string of the molecule is CCCCCCCCCCCCCCNC(=O)C1=COC[C@@H]2C(C)=CC[C@H]12.CCO. The van der Waals surface area contributed by atoms with Gasteiger partial charge in [-0.1, -0.05) is 89.2 Å². The molecule has 1 amide bonds. The van der Waals surface area contributed by atoms with Crippen molar-refractivity contribution in [2.24, 2.45) is 11.8 Å². The summed E-state index contributed by atoms with van der Waals surface area (Å²) in [6.45, 7) is 7.87. The van der Waals surface area contributed by atoms with Crippen LogP contribution in [0.2, 0.25) is 0 Å². The lowest BCUT2D eigenvalue weighted by molar-refractivity contribution is -0.118. The zero-order valence-electron chi connectivity index (χ0n) is 19.9. The monoisotopic (exact) mass is 421 g/mol. The molecule has 2 atom stereocenters. The summed E-state index contributed by atoms with van der Waals surface area (Å²) in [4.78, 5) is 12.5. The number of carbonyl (C=O) groups is 1. The van der Waals surface area contributed by atoms with Crippen LogP contribution in [0.25, 0.3) is 0 Å². The molecule has 174 valence electrons. The first-order valence-electron chi connectivity index (χ1n) is 12.5. The number of amides is 1. The molecule has 30 heavy (non-hydrogen) atoms. The number of aliphatic hydroxyl groups is 1. The minimum Gasteiger partial charge on any atom is -0.500 e. The van der Waals surface area contributed by atoms with E-state index in [0.29, 0.717) is 11.8 Å². The van der Waals surface area contributed by atoms with Crippen LogP contribution >= 0.6 is 0 Å². The molecule has 0 spiro atoms. The van der Waals surface area contributed by atoms with E-state index < -0.39 is 0 Å². The molecule has 1 heterocycles. The Labute approximate surface area is 185 Å². The van der Waals surface area contributed by atoms with Crippen LogP contribution in [0.4, 0.5) is 0 Å². The lowest BCUT2D eigenvalue weighted by Crippen LogP contribution is -2.34. The normalized spacial score (nSPS) is 19.7. The van der Waals surface area contributed by atoms with Crippen molar-refractivity contribution in [1.29, 1.82) is 0 Å². The summed E-state index contributed by atoms with van der Waals surface area (Å²) in [6.07, 6.45) is 21.1. The van der Waals surface area contributed by atoms with Gasteiger partial charge in [0, 0.05) is 25.0 Å². The summed E-state index contributed by atoms with van der Waals surface area (Å²) in [5, 5.41) is 10.7. The van der Waals surface area contributed by atoms with Crippen molar-refractivity contribution in [1.82, 2.24) is 5.32 Å².